The monoisotopic (exact) mass is 442 g/mol. The van der Waals surface area contributed by atoms with Crippen molar-refractivity contribution < 1.29 is 23.9 Å². The molecule has 0 N–H and O–H groups in total. The highest BCUT2D eigenvalue weighted by Gasteiger charge is 2.71. The van der Waals surface area contributed by atoms with Crippen molar-refractivity contribution >= 4 is 23.8 Å². The van der Waals surface area contributed by atoms with Crippen LogP contribution in [0.5, 0.6) is 0 Å². The highest BCUT2D eigenvalue weighted by Crippen LogP contribution is 2.72. The van der Waals surface area contributed by atoms with Crippen LogP contribution in [0.25, 0.3) is 0 Å². The van der Waals surface area contributed by atoms with Gasteiger partial charge in [0.1, 0.15) is 12.1 Å². The molecular weight excluding hydrogens is 404 g/mol. The van der Waals surface area contributed by atoms with Gasteiger partial charge < -0.3 is 9.53 Å². The van der Waals surface area contributed by atoms with Crippen LogP contribution in [0.1, 0.15) is 79.6 Å². The zero-order valence-corrected chi connectivity index (χ0v) is 20.5. The molecule has 0 heterocycles. The first-order chi connectivity index (χ1) is 14.9. The summed E-state index contributed by atoms with van der Waals surface area (Å²) in [5.74, 6) is -0.978. The van der Waals surface area contributed by atoms with E-state index < -0.39 is 16.7 Å². The van der Waals surface area contributed by atoms with Crippen molar-refractivity contribution in [1.29, 1.82) is 0 Å². The zero-order valence-electron chi connectivity index (χ0n) is 20.5. The van der Waals surface area contributed by atoms with Gasteiger partial charge in [-0.2, -0.15) is 0 Å². The van der Waals surface area contributed by atoms with Crippen molar-refractivity contribution in [3.8, 4) is 0 Å². The predicted molar refractivity (Wildman–Crippen MR) is 121 cm³/mol. The van der Waals surface area contributed by atoms with Crippen molar-refractivity contribution in [3.63, 3.8) is 0 Å². The molecule has 3 fully saturated rings. The molecule has 4 aliphatic rings. The second kappa shape index (κ2) is 7.36. The number of ether oxygens (including phenoxy) is 1. The van der Waals surface area contributed by atoms with Crippen LogP contribution >= 0.6 is 0 Å². The van der Waals surface area contributed by atoms with E-state index in [2.05, 4.69) is 20.8 Å². The van der Waals surface area contributed by atoms with E-state index in [4.69, 9.17) is 4.74 Å². The van der Waals surface area contributed by atoms with Gasteiger partial charge in [0, 0.05) is 17.4 Å². The Hall–Kier alpha value is -1.78. The number of ketones is 2. The van der Waals surface area contributed by atoms with Gasteiger partial charge in [-0.05, 0) is 67.6 Å². The second-order valence-electron chi connectivity index (χ2n) is 12.1. The fourth-order valence-corrected chi connectivity index (χ4v) is 9.04. The largest absolute Gasteiger partial charge is 0.469 e. The van der Waals surface area contributed by atoms with Crippen molar-refractivity contribution in [2.75, 3.05) is 7.11 Å². The van der Waals surface area contributed by atoms with Gasteiger partial charge in [-0.3, -0.25) is 14.4 Å². The summed E-state index contributed by atoms with van der Waals surface area (Å²) < 4.78 is 5.46. The summed E-state index contributed by atoms with van der Waals surface area (Å²) in [6.07, 6.45) is 8.22. The van der Waals surface area contributed by atoms with Crippen LogP contribution in [-0.2, 0) is 23.9 Å². The van der Waals surface area contributed by atoms with E-state index in [1.165, 1.54) is 14.0 Å². The molecule has 4 aliphatic carbocycles. The van der Waals surface area contributed by atoms with Gasteiger partial charge in [-0.25, -0.2) is 0 Å². The molecule has 0 bridgehead atoms. The van der Waals surface area contributed by atoms with E-state index in [-0.39, 0.29) is 52.5 Å². The lowest BCUT2D eigenvalue weighted by molar-refractivity contribution is -0.217. The Balaban J connectivity index is 1.89. The van der Waals surface area contributed by atoms with Gasteiger partial charge in [0.15, 0.2) is 5.78 Å². The average Bonchev–Trinajstić information content (AvgIpc) is 2.73. The third-order valence-electron chi connectivity index (χ3n) is 10.5. The maximum atomic E-state index is 13.9. The summed E-state index contributed by atoms with van der Waals surface area (Å²) in [4.78, 5) is 52.0. The summed E-state index contributed by atoms with van der Waals surface area (Å²) >= 11 is 0. The number of Topliss-reactive ketones (excluding diaryl/α,β-unsaturated/α-hetero) is 2. The molecule has 0 saturated heterocycles. The topological polar surface area (TPSA) is 77.5 Å². The summed E-state index contributed by atoms with van der Waals surface area (Å²) in [5, 5.41) is 0. The minimum atomic E-state index is -0.906. The lowest BCUT2D eigenvalue weighted by atomic mass is 9.34. The molecule has 176 valence electrons. The Morgan fingerprint density at radius 1 is 1.06 bits per heavy atom. The number of rotatable bonds is 3. The molecule has 32 heavy (non-hydrogen) atoms. The van der Waals surface area contributed by atoms with Crippen LogP contribution in [0.15, 0.2) is 11.6 Å². The first kappa shape index (κ1) is 23.4. The van der Waals surface area contributed by atoms with Gasteiger partial charge in [0.25, 0.3) is 0 Å². The molecule has 0 unspecified atom stereocenters. The summed E-state index contributed by atoms with van der Waals surface area (Å²) in [6, 6.07) is 0. The molecule has 5 heteroatoms. The Morgan fingerprint density at radius 2 is 1.75 bits per heavy atom. The van der Waals surface area contributed by atoms with E-state index in [0.717, 1.165) is 38.4 Å². The third-order valence-corrected chi connectivity index (χ3v) is 10.5. The number of fused-ring (bicyclic) bond motifs is 5. The Bertz CT molecular complexity index is 900. The minimum Gasteiger partial charge on any atom is -0.469 e. The number of hydrogen-bond acceptors (Lipinski definition) is 5. The number of carbonyl (C=O) groups excluding carboxylic acids is 4. The molecule has 7 atom stereocenters. The first-order valence-corrected chi connectivity index (χ1v) is 12.2. The molecule has 0 aromatic rings. The molecule has 0 aromatic carbocycles. The SMILES string of the molecule is COC(=O)[C@]12CCCC(C)(C)[C@H]1CC[C@@]1(C)[C@@H]3CC=C(C(C)=O)[C@H](C=O)[C@@]3(C)C(=O)C[C@@H]12. The van der Waals surface area contributed by atoms with Crippen LogP contribution in [0.2, 0.25) is 0 Å². The molecular formula is C27H38O5. The number of allylic oxidation sites excluding steroid dienone is 2. The van der Waals surface area contributed by atoms with Gasteiger partial charge >= 0.3 is 5.97 Å². The predicted octanol–water partition coefficient (Wildman–Crippen LogP) is 4.72. The number of methoxy groups -OCH3 is 1. The second-order valence-corrected chi connectivity index (χ2v) is 12.1. The molecule has 0 radical (unpaired) electrons. The fraction of sp³-hybridized carbons (Fsp3) is 0.778. The average molecular weight is 443 g/mol. The van der Waals surface area contributed by atoms with Crippen molar-refractivity contribution in [2.45, 2.75) is 79.6 Å². The van der Waals surface area contributed by atoms with E-state index in [1.807, 2.05) is 13.0 Å². The zero-order chi connectivity index (χ0) is 23.7. The summed E-state index contributed by atoms with van der Waals surface area (Å²) in [6.45, 7) is 10.1. The highest BCUT2D eigenvalue weighted by atomic mass is 16.5. The smallest absolute Gasteiger partial charge is 0.312 e. The maximum absolute atomic E-state index is 13.9. The van der Waals surface area contributed by atoms with Gasteiger partial charge in [0.2, 0.25) is 0 Å². The van der Waals surface area contributed by atoms with Crippen LogP contribution in [-0.4, -0.2) is 30.9 Å². The van der Waals surface area contributed by atoms with E-state index in [0.29, 0.717) is 12.0 Å². The van der Waals surface area contributed by atoms with E-state index in [1.54, 1.807) is 0 Å². The van der Waals surface area contributed by atoms with Crippen LogP contribution in [0.4, 0.5) is 0 Å². The van der Waals surface area contributed by atoms with Gasteiger partial charge in [0.05, 0.1) is 18.4 Å². The number of carbonyl (C=O) groups is 4. The van der Waals surface area contributed by atoms with E-state index in [9.17, 15) is 19.2 Å². The number of esters is 1. The molecule has 0 aromatic heterocycles. The highest BCUT2D eigenvalue weighted by molar-refractivity contribution is 6.01. The van der Waals surface area contributed by atoms with Gasteiger partial charge in [-0.1, -0.05) is 40.2 Å². The third kappa shape index (κ3) is 2.75. The molecule has 4 rings (SSSR count). The van der Waals surface area contributed by atoms with E-state index >= 15 is 0 Å². The van der Waals surface area contributed by atoms with Crippen molar-refractivity contribution in [3.05, 3.63) is 11.6 Å². The Labute approximate surface area is 191 Å². The Morgan fingerprint density at radius 3 is 2.34 bits per heavy atom. The Kier molecular flexibility index (Phi) is 5.38. The standard InChI is InChI=1S/C27H38O5/c1-16(29)17-8-9-20-25(4)13-10-19-24(2,3)11-7-12-27(19,23(31)32-6)21(25)14-22(30)26(20,5)18(17)15-28/h8,15,18-21H,7,9-14H2,1-6H3/t18-,19+,20-,21-,25-,26+,27+/m0/s1. The van der Waals surface area contributed by atoms with Crippen molar-refractivity contribution in [2.24, 2.45) is 45.3 Å². The number of hydrogen-bond donors (Lipinski definition) is 0. The van der Waals surface area contributed by atoms with Crippen LogP contribution < -0.4 is 0 Å². The lowest BCUT2D eigenvalue weighted by Gasteiger charge is -2.68. The first-order valence-electron chi connectivity index (χ1n) is 12.2. The summed E-state index contributed by atoms with van der Waals surface area (Å²) in [5.41, 5.74) is -1.36. The molecule has 0 aliphatic heterocycles. The normalized spacial score (nSPS) is 44.9. The van der Waals surface area contributed by atoms with Crippen LogP contribution in [0.3, 0.4) is 0 Å². The molecule has 3 saturated carbocycles. The maximum Gasteiger partial charge on any atom is 0.312 e. The quantitative estimate of drug-likeness (QED) is 0.467. The number of aldehydes is 1. The minimum absolute atomic E-state index is 0.0111. The lowest BCUT2D eigenvalue weighted by Crippen LogP contribution is -2.68. The molecule has 5 nitrogen and oxygen atoms in total. The molecule has 0 amide bonds. The van der Waals surface area contributed by atoms with Gasteiger partial charge in [-0.15, -0.1) is 0 Å². The molecule has 0 spiro atoms. The van der Waals surface area contributed by atoms with Crippen LogP contribution in [0, 0.1) is 45.3 Å². The fourth-order valence-electron chi connectivity index (χ4n) is 9.04. The van der Waals surface area contributed by atoms with Crippen molar-refractivity contribution in [1.82, 2.24) is 0 Å². The summed E-state index contributed by atoms with van der Waals surface area (Å²) in [7, 11) is 1.47.